The highest BCUT2D eigenvalue weighted by Crippen LogP contribution is 2.39. The summed E-state index contributed by atoms with van der Waals surface area (Å²) in [6.45, 7) is 5.84. The topological polar surface area (TPSA) is 84.9 Å². The Bertz CT molecular complexity index is 1450. The van der Waals surface area contributed by atoms with E-state index in [1.54, 1.807) is 24.3 Å². The molecule has 0 radical (unpaired) electrons. The number of amides is 3. The highest BCUT2D eigenvalue weighted by atomic mass is 35.5. The molecule has 0 bridgehead atoms. The largest absolute Gasteiger partial charge is 0.493 e. The third-order valence-electron chi connectivity index (χ3n) is 5.98. The van der Waals surface area contributed by atoms with Crippen LogP contribution in [0.25, 0.3) is 6.08 Å². The lowest BCUT2D eigenvalue weighted by molar-refractivity contribution is -0.127. The number of imide groups is 1. The van der Waals surface area contributed by atoms with Gasteiger partial charge in [0.1, 0.15) is 13.2 Å². The molecule has 1 heterocycles. The van der Waals surface area contributed by atoms with Gasteiger partial charge in [0, 0.05) is 5.69 Å². The quantitative estimate of drug-likeness (QED) is 0.321. The number of halogens is 1. The van der Waals surface area contributed by atoms with Crippen molar-refractivity contribution < 1.29 is 23.9 Å². The third kappa shape index (κ3) is 6.38. The number of benzene rings is 3. The number of nitrogens with one attached hydrogen (secondary N) is 1. The van der Waals surface area contributed by atoms with Crippen molar-refractivity contribution in [3.63, 3.8) is 0 Å². The van der Waals surface area contributed by atoms with Crippen LogP contribution in [0, 0.1) is 20.8 Å². The highest BCUT2D eigenvalue weighted by Gasteiger charge is 2.36. The molecule has 1 fully saturated rings. The zero-order valence-electron chi connectivity index (χ0n) is 21.5. The molecule has 196 valence electrons. The van der Waals surface area contributed by atoms with Crippen LogP contribution in [0.15, 0.2) is 59.5 Å². The molecule has 4 rings (SSSR count). The molecule has 0 atom stereocenters. The normalized spacial score (nSPS) is 14.2. The van der Waals surface area contributed by atoms with Crippen molar-refractivity contribution in [2.24, 2.45) is 0 Å². The Morgan fingerprint density at radius 2 is 1.84 bits per heavy atom. The van der Waals surface area contributed by atoms with Crippen LogP contribution in [0.4, 0.5) is 10.5 Å². The van der Waals surface area contributed by atoms with E-state index in [0.717, 1.165) is 38.9 Å². The Morgan fingerprint density at radius 3 is 2.55 bits per heavy atom. The zero-order chi connectivity index (χ0) is 27.4. The van der Waals surface area contributed by atoms with Gasteiger partial charge in [-0.1, -0.05) is 47.5 Å². The summed E-state index contributed by atoms with van der Waals surface area (Å²) < 4.78 is 11.4. The second kappa shape index (κ2) is 11.8. The summed E-state index contributed by atoms with van der Waals surface area (Å²) in [6.07, 6.45) is 1.55. The Labute approximate surface area is 230 Å². The fraction of sp³-hybridized carbons (Fsp3) is 0.207. The molecule has 9 heteroatoms. The minimum absolute atomic E-state index is 0.181. The van der Waals surface area contributed by atoms with Crippen molar-refractivity contribution in [2.75, 3.05) is 19.0 Å². The fourth-order valence-corrected chi connectivity index (χ4v) is 4.98. The summed E-state index contributed by atoms with van der Waals surface area (Å²) >= 11 is 7.27. The van der Waals surface area contributed by atoms with Crippen LogP contribution in [-0.2, 0) is 16.2 Å². The number of carbonyl (C=O) groups is 3. The molecule has 1 saturated heterocycles. The highest BCUT2D eigenvalue weighted by molar-refractivity contribution is 8.18. The molecule has 38 heavy (non-hydrogen) atoms. The van der Waals surface area contributed by atoms with Gasteiger partial charge in [-0.05, 0) is 85.1 Å². The molecule has 0 aromatic heterocycles. The van der Waals surface area contributed by atoms with Crippen LogP contribution in [0.5, 0.6) is 11.5 Å². The predicted molar refractivity (Wildman–Crippen MR) is 151 cm³/mol. The SMILES string of the molecule is COc1cc(C=C2SC(=O)N(CC(=O)Nc3ccc(C)c(C)c3)C2=O)cc(Cl)c1OCc1cccc(C)c1. The Morgan fingerprint density at radius 1 is 1.05 bits per heavy atom. The van der Waals surface area contributed by atoms with Crippen LogP contribution in [0.2, 0.25) is 5.02 Å². The van der Waals surface area contributed by atoms with Crippen molar-refractivity contribution >= 4 is 52.2 Å². The van der Waals surface area contributed by atoms with E-state index in [2.05, 4.69) is 5.32 Å². The summed E-state index contributed by atoms with van der Waals surface area (Å²) in [7, 11) is 1.50. The first-order valence-corrected chi connectivity index (χ1v) is 13.0. The van der Waals surface area contributed by atoms with E-state index in [4.69, 9.17) is 21.1 Å². The number of hydrogen-bond donors (Lipinski definition) is 1. The Kier molecular flexibility index (Phi) is 8.44. The summed E-state index contributed by atoms with van der Waals surface area (Å²) in [4.78, 5) is 39.1. The predicted octanol–water partition coefficient (Wildman–Crippen LogP) is 6.53. The van der Waals surface area contributed by atoms with E-state index in [-0.39, 0.29) is 11.4 Å². The van der Waals surface area contributed by atoms with Gasteiger partial charge >= 0.3 is 0 Å². The van der Waals surface area contributed by atoms with Crippen LogP contribution < -0.4 is 14.8 Å². The first-order valence-electron chi connectivity index (χ1n) is 11.8. The maximum absolute atomic E-state index is 12.9. The molecular weight excluding hydrogens is 524 g/mol. The summed E-state index contributed by atoms with van der Waals surface area (Å²) in [5.41, 5.74) is 5.39. The maximum atomic E-state index is 12.9. The van der Waals surface area contributed by atoms with Gasteiger partial charge < -0.3 is 14.8 Å². The number of hydrogen-bond acceptors (Lipinski definition) is 6. The first-order chi connectivity index (χ1) is 18.1. The Hall–Kier alpha value is -3.75. The second-order valence-corrected chi connectivity index (χ2v) is 10.3. The lowest BCUT2D eigenvalue weighted by atomic mass is 10.1. The maximum Gasteiger partial charge on any atom is 0.294 e. The minimum atomic E-state index is -0.551. The van der Waals surface area contributed by atoms with Crippen LogP contribution in [0.3, 0.4) is 0 Å². The van der Waals surface area contributed by atoms with Gasteiger partial charge in [0.05, 0.1) is 17.0 Å². The molecule has 1 aliphatic rings. The molecule has 3 aromatic carbocycles. The van der Waals surface area contributed by atoms with E-state index in [0.29, 0.717) is 34.4 Å². The lowest BCUT2D eigenvalue weighted by Crippen LogP contribution is -2.36. The van der Waals surface area contributed by atoms with Gasteiger partial charge in [-0.25, -0.2) is 0 Å². The number of methoxy groups -OCH3 is 1. The number of rotatable bonds is 8. The van der Waals surface area contributed by atoms with Gasteiger partial charge in [0.2, 0.25) is 5.91 Å². The smallest absolute Gasteiger partial charge is 0.294 e. The van der Waals surface area contributed by atoms with E-state index < -0.39 is 17.1 Å². The van der Waals surface area contributed by atoms with Crippen LogP contribution in [-0.4, -0.2) is 35.6 Å². The number of nitrogens with zero attached hydrogens (tertiary/aromatic N) is 1. The zero-order valence-corrected chi connectivity index (χ0v) is 23.0. The lowest BCUT2D eigenvalue weighted by Gasteiger charge is -2.14. The Balaban J connectivity index is 1.46. The molecule has 3 amide bonds. The molecule has 7 nitrogen and oxygen atoms in total. The third-order valence-corrected chi connectivity index (χ3v) is 7.17. The number of thioether (sulfide) groups is 1. The van der Waals surface area contributed by atoms with Crippen LogP contribution >= 0.6 is 23.4 Å². The molecule has 0 unspecified atom stereocenters. The fourth-order valence-electron chi connectivity index (χ4n) is 3.87. The average Bonchev–Trinajstić information content (AvgIpc) is 3.12. The summed E-state index contributed by atoms with van der Waals surface area (Å²) in [6, 6.07) is 16.8. The number of ether oxygens (including phenoxy) is 2. The van der Waals surface area contributed by atoms with Crippen molar-refractivity contribution in [3.8, 4) is 11.5 Å². The molecule has 0 aliphatic carbocycles. The van der Waals surface area contributed by atoms with Crippen molar-refractivity contribution in [1.29, 1.82) is 0 Å². The van der Waals surface area contributed by atoms with E-state index in [9.17, 15) is 14.4 Å². The average molecular weight is 551 g/mol. The van der Waals surface area contributed by atoms with E-state index >= 15 is 0 Å². The van der Waals surface area contributed by atoms with Gasteiger partial charge in [-0.3, -0.25) is 19.3 Å². The second-order valence-electron chi connectivity index (χ2n) is 8.93. The first kappa shape index (κ1) is 27.3. The molecule has 1 N–H and O–H groups in total. The van der Waals surface area contributed by atoms with Gasteiger partial charge in [0.25, 0.3) is 11.1 Å². The molecule has 1 aliphatic heterocycles. The van der Waals surface area contributed by atoms with Gasteiger partial charge in [0.15, 0.2) is 11.5 Å². The minimum Gasteiger partial charge on any atom is -0.493 e. The van der Waals surface area contributed by atoms with Gasteiger partial charge in [-0.15, -0.1) is 0 Å². The van der Waals surface area contributed by atoms with Crippen LogP contribution in [0.1, 0.15) is 27.8 Å². The van der Waals surface area contributed by atoms with Crippen molar-refractivity contribution in [2.45, 2.75) is 27.4 Å². The van der Waals surface area contributed by atoms with Crippen molar-refractivity contribution in [3.05, 3.63) is 92.3 Å². The van der Waals surface area contributed by atoms with Gasteiger partial charge in [-0.2, -0.15) is 0 Å². The molecule has 3 aromatic rings. The standard InChI is InChI=1S/C29H27ClN2O5S/c1-17-6-5-7-20(10-17)16-37-27-23(30)12-21(13-24(27)36-4)14-25-28(34)32(29(35)38-25)15-26(33)31-22-9-8-18(2)19(3)11-22/h5-14H,15-16H2,1-4H3,(H,31,33). The van der Waals surface area contributed by atoms with Crippen molar-refractivity contribution in [1.82, 2.24) is 4.90 Å². The molecular formula is C29H27ClN2O5S. The molecule has 0 spiro atoms. The molecule has 0 saturated carbocycles. The summed E-state index contributed by atoms with van der Waals surface area (Å²) in [5, 5.41) is 2.52. The number of anilines is 1. The van der Waals surface area contributed by atoms with E-state index in [1.165, 1.54) is 7.11 Å². The number of carbonyl (C=O) groups excluding carboxylic acids is 3. The monoisotopic (exact) mass is 550 g/mol. The van der Waals surface area contributed by atoms with E-state index in [1.807, 2.05) is 57.2 Å². The summed E-state index contributed by atoms with van der Waals surface area (Å²) in [5.74, 6) is -0.242. The number of aryl methyl sites for hydroxylation is 3.